The summed E-state index contributed by atoms with van der Waals surface area (Å²) in [6.45, 7) is 0. The predicted molar refractivity (Wildman–Crippen MR) is 52.3 cm³/mol. The van der Waals surface area contributed by atoms with Gasteiger partial charge in [-0.1, -0.05) is 19.3 Å². The Kier molecular flexibility index (Phi) is 2.52. The van der Waals surface area contributed by atoms with Crippen molar-refractivity contribution in [3.05, 3.63) is 22.2 Å². The van der Waals surface area contributed by atoms with Crippen molar-refractivity contribution in [2.75, 3.05) is 0 Å². The first-order valence-electron chi connectivity index (χ1n) is 5.05. The van der Waals surface area contributed by atoms with Gasteiger partial charge in [-0.15, -0.1) is 0 Å². The largest absolute Gasteiger partial charge is 0.493 e. The van der Waals surface area contributed by atoms with E-state index in [-0.39, 0.29) is 17.4 Å². The smallest absolute Gasteiger partial charge is 0.258 e. The second kappa shape index (κ2) is 3.82. The Morgan fingerprint density at radius 2 is 2.07 bits per heavy atom. The van der Waals surface area contributed by atoms with Gasteiger partial charge in [0.05, 0.1) is 11.9 Å². The van der Waals surface area contributed by atoms with Gasteiger partial charge in [-0.2, -0.15) is 0 Å². The maximum atomic E-state index is 11.5. The van der Waals surface area contributed by atoms with Crippen molar-refractivity contribution in [2.24, 2.45) is 0 Å². The molecule has 0 bridgehead atoms. The lowest BCUT2D eigenvalue weighted by Gasteiger charge is -2.20. The third kappa shape index (κ3) is 1.64. The highest BCUT2D eigenvalue weighted by molar-refractivity contribution is 5.25. The normalized spacial score (nSPS) is 18.3. The van der Waals surface area contributed by atoms with Crippen LogP contribution in [0.2, 0.25) is 0 Å². The van der Waals surface area contributed by atoms with Gasteiger partial charge in [0.25, 0.3) is 5.56 Å². The molecule has 0 aromatic carbocycles. The first kappa shape index (κ1) is 9.24. The number of aromatic amines is 1. The molecule has 1 aromatic rings. The maximum absolute atomic E-state index is 11.5. The van der Waals surface area contributed by atoms with Crippen LogP contribution in [0.1, 0.15) is 43.6 Å². The van der Waals surface area contributed by atoms with Crippen molar-refractivity contribution in [1.82, 2.24) is 9.97 Å². The fraction of sp³-hybridized carbons (Fsp3) is 0.600. The van der Waals surface area contributed by atoms with Gasteiger partial charge in [-0.3, -0.25) is 4.79 Å². The molecule has 0 spiro atoms. The van der Waals surface area contributed by atoms with Crippen LogP contribution >= 0.6 is 0 Å². The van der Waals surface area contributed by atoms with E-state index in [1.54, 1.807) is 0 Å². The molecular weight excluding hydrogens is 180 g/mol. The van der Waals surface area contributed by atoms with Gasteiger partial charge in [0.1, 0.15) is 0 Å². The summed E-state index contributed by atoms with van der Waals surface area (Å²) in [4.78, 5) is 17.7. The van der Waals surface area contributed by atoms with E-state index in [0.717, 1.165) is 25.7 Å². The highest BCUT2D eigenvalue weighted by Crippen LogP contribution is 2.33. The number of aromatic hydroxyl groups is 1. The zero-order chi connectivity index (χ0) is 9.97. The van der Waals surface area contributed by atoms with Gasteiger partial charge in [0.2, 0.25) is 5.88 Å². The monoisotopic (exact) mass is 194 g/mol. The van der Waals surface area contributed by atoms with E-state index in [0.29, 0.717) is 5.56 Å². The van der Waals surface area contributed by atoms with Crippen LogP contribution in [0.3, 0.4) is 0 Å². The topological polar surface area (TPSA) is 66.0 Å². The van der Waals surface area contributed by atoms with E-state index in [1.807, 2.05) is 0 Å². The summed E-state index contributed by atoms with van der Waals surface area (Å²) in [7, 11) is 0. The van der Waals surface area contributed by atoms with E-state index in [1.165, 1.54) is 12.7 Å². The van der Waals surface area contributed by atoms with Crippen LogP contribution in [0.5, 0.6) is 5.88 Å². The summed E-state index contributed by atoms with van der Waals surface area (Å²) in [6.07, 6.45) is 6.72. The Bertz CT molecular complexity index is 367. The lowest BCUT2D eigenvalue weighted by Crippen LogP contribution is -2.18. The van der Waals surface area contributed by atoms with Gasteiger partial charge in [0, 0.05) is 0 Å². The van der Waals surface area contributed by atoms with Crippen molar-refractivity contribution in [3.8, 4) is 5.88 Å². The molecular formula is C10H14N2O2. The zero-order valence-corrected chi connectivity index (χ0v) is 7.99. The molecule has 1 fully saturated rings. The maximum Gasteiger partial charge on any atom is 0.258 e. The highest BCUT2D eigenvalue weighted by atomic mass is 16.3. The van der Waals surface area contributed by atoms with Crippen molar-refractivity contribution < 1.29 is 5.11 Å². The van der Waals surface area contributed by atoms with Crippen molar-refractivity contribution in [3.63, 3.8) is 0 Å². The summed E-state index contributed by atoms with van der Waals surface area (Å²) in [5, 5.41) is 9.51. The molecule has 0 aliphatic heterocycles. The molecule has 1 heterocycles. The molecule has 2 N–H and O–H groups in total. The number of nitrogens with zero attached hydrogens (tertiary/aromatic N) is 1. The molecule has 1 aromatic heterocycles. The van der Waals surface area contributed by atoms with Gasteiger partial charge in [-0.25, -0.2) is 4.98 Å². The first-order chi connectivity index (χ1) is 6.79. The van der Waals surface area contributed by atoms with Crippen molar-refractivity contribution in [2.45, 2.75) is 38.0 Å². The molecule has 0 saturated heterocycles. The van der Waals surface area contributed by atoms with Crippen LogP contribution in [-0.2, 0) is 0 Å². The van der Waals surface area contributed by atoms with Gasteiger partial charge >= 0.3 is 0 Å². The third-order valence-corrected chi connectivity index (χ3v) is 2.88. The quantitative estimate of drug-likeness (QED) is 0.712. The minimum Gasteiger partial charge on any atom is -0.493 e. The predicted octanol–water partition coefficient (Wildman–Crippen LogP) is 1.52. The van der Waals surface area contributed by atoms with Gasteiger partial charge in [0.15, 0.2) is 0 Å². The number of hydrogen-bond acceptors (Lipinski definition) is 3. The summed E-state index contributed by atoms with van der Waals surface area (Å²) in [6, 6.07) is 0. The van der Waals surface area contributed by atoms with Gasteiger partial charge in [-0.05, 0) is 18.8 Å². The molecule has 76 valence electrons. The van der Waals surface area contributed by atoms with Crippen LogP contribution in [-0.4, -0.2) is 15.1 Å². The third-order valence-electron chi connectivity index (χ3n) is 2.88. The molecule has 1 saturated carbocycles. The molecule has 1 aliphatic rings. The fourth-order valence-electron chi connectivity index (χ4n) is 2.16. The Morgan fingerprint density at radius 3 is 2.71 bits per heavy atom. The molecule has 14 heavy (non-hydrogen) atoms. The minimum atomic E-state index is -0.190. The van der Waals surface area contributed by atoms with Crippen LogP contribution in [0, 0.1) is 0 Å². The lowest BCUT2D eigenvalue weighted by molar-refractivity contribution is 0.399. The fourth-order valence-corrected chi connectivity index (χ4v) is 2.16. The molecule has 0 radical (unpaired) electrons. The summed E-state index contributed by atoms with van der Waals surface area (Å²) < 4.78 is 0. The van der Waals surface area contributed by atoms with Crippen LogP contribution < -0.4 is 5.56 Å². The molecule has 0 unspecified atom stereocenters. The standard InChI is InChI=1S/C10H14N2O2/c13-9-8(10(14)12-6-11-9)7-4-2-1-3-5-7/h6-7H,1-5H2,(H2,11,12,13,14). The van der Waals surface area contributed by atoms with Crippen molar-refractivity contribution in [1.29, 1.82) is 0 Å². The van der Waals surface area contributed by atoms with Crippen LogP contribution in [0.15, 0.2) is 11.1 Å². The average Bonchev–Trinajstić information content (AvgIpc) is 2.19. The van der Waals surface area contributed by atoms with E-state index in [4.69, 9.17) is 0 Å². The zero-order valence-electron chi connectivity index (χ0n) is 7.99. The Morgan fingerprint density at radius 1 is 1.36 bits per heavy atom. The Labute approximate surface area is 82.0 Å². The van der Waals surface area contributed by atoms with E-state index in [9.17, 15) is 9.90 Å². The van der Waals surface area contributed by atoms with E-state index in [2.05, 4.69) is 9.97 Å². The summed E-state index contributed by atoms with van der Waals surface area (Å²) in [5.74, 6) is 0.0989. The Balaban J connectivity index is 2.34. The average molecular weight is 194 g/mol. The minimum absolute atomic E-state index is 0.0966. The number of aromatic nitrogens is 2. The van der Waals surface area contributed by atoms with E-state index >= 15 is 0 Å². The first-order valence-corrected chi connectivity index (χ1v) is 5.05. The van der Waals surface area contributed by atoms with Crippen molar-refractivity contribution >= 4 is 0 Å². The summed E-state index contributed by atoms with van der Waals surface area (Å²) >= 11 is 0. The molecule has 2 rings (SSSR count). The van der Waals surface area contributed by atoms with Gasteiger partial charge < -0.3 is 10.1 Å². The Hall–Kier alpha value is -1.32. The molecule has 0 amide bonds. The molecule has 1 aliphatic carbocycles. The van der Waals surface area contributed by atoms with E-state index < -0.39 is 0 Å². The SMILES string of the molecule is O=c1[nH]cnc(O)c1C1CCCCC1. The number of rotatable bonds is 1. The number of hydrogen-bond donors (Lipinski definition) is 2. The number of nitrogens with one attached hydrogen (secondary N) is 1. The van der Waals surface area contributed by atoms with Crippen LogP contribution in [0.25, 0.3) is 0 Å². The molecule has 4 heteroatoms. The molecule has 0 atom stereocenters. The van der Waals surface area contributed by atoms with Crippen LogP contribution in [0.4, 0.5) is 0 Å². The lowest BCUT2D eigenvalue weighted by atomic mass is 9.85. The highest BCUT2D eigenvalue weighted by Gasteiger charge is 2.21. The summed E-state index contributed by atoms with van der Waals surface area (Å²) in [5.41, 5.74) is 0.289. The second-order valence-electron chi connectivity index (χ2n) is 3.80. The number of H-pyrrole nitrogens is 1. The second-order valence-corrected chi connectivity index (χ2v) is 3.80. The molecule has 4 nitrogen and oxygen atoms in total.